The molecule has 2 N–H and O–H groups in total. The van der Waals surface area contributed by atoms with Crippen LogP contribution in [-0.4, -0.2) is 40.5 Å². The Morgan fingerprint density at radius 2 is 1.96 bits per heavy atom. The second kappa shape index (κ2) is 7.74. The number of halogens is 1. The zero-order valence-corrected chi connectivity index (χ0v) is 14.6. The topological polar surface area (TPSA) is 87.5 Å². The maximum atomic E-state index is 13.1. The summed E-state index contributed by atoms with van der Waals surface area (Å²) >= 11 is 6.24. The third-order valence-corrected chi connectivity index (χ3v) is 4.70. The molecular formula is C17H21ClN4O3. The molecule has 0 atom stereocenters. The van der Waals surface area contributed by atoms with Crippen molar-refractivity contribution >= 4 is 28.6 Å². The van der Waals surface area contributed by atoms with E-state index in [0.29, 0.717) is 28.2 Å². The monoisotopic (exact) mass is 364 g/mol. The summed E-state index contributed by atoms with van der Waals surface area (Å²) in [5.74, 6) is 0.551. The van der Waals surface area contributed by atoms with E-state index < -0.39 is 6.09 Å². The summed E-state index contributed by atoms with van der Waals surface area (Å²) in [5, 5.41) is 13.9. The summed E-state index contributed by atoms with van der Waals surface area (Å²) in [5.41, 5.74) is 0.344. The molecular weight excluding hydrogens is 344 g/mol. The number of nitrogens with zero attached hydrogens (tertiary/aromatic N) is 3. The van der Waals surface area contributed by atoms with E-state index in [0.717, 1.165) is 38.8 Å². The first-order valence-corrected chi connectivity index (χ1v) is 8.88. The molecule has 3 rings (SSSR count). The van der Waals surface area contributed by atoms with Crippen LogP contribution < -0.4 is 15.9 Å². The highest BCUT2D eigenvalue weighted by Crippen LogP contribution is 2.19. The second-order valence-electron chi connectivity index (χ2n) is 6.13. The number of carboxylic acid groups (broad SMARTS) is 1. The zero-order valence-electron chi connectivity index (χ0n) is 13.9. The van der Waals surface area contributed by atoms with Gasteiger partial charge in [0.25, 0.3) is 5.56 Å². The lowest BCUT2D eigenvalue weighted by Gasteiger charge is -2.27. The molecule has 1 fully saturated rings. The van der Waals surface area contributed by atoms with Gasteiger partial charge in [0, 0.05) is 26.1 Å². The Hall–Kier alpha value is -2.28. The van der Waals surface area contributed by atoms with Crippen molar-refractivity contribution in [2.75, 3.05) is 24.6 Å². The minimum atomic E-state index is -1.09. The fourth-order valence-electron chi connectivity index (χ4n) is 3.22. The van der Waals surface area contributed by atoms with Gasteiger partial charge >= 0.3 is 6.09 Å². The van der Waals surface area contributed by atoms with Gasteiger partial charge in [0.1, 0.15) is 5.82 Å². The number of aromatic nitrogens is 2. The first kappa shape index (κ1) is 17.5. The molecule has 0 unspecified atom stereocenters. The van der Waals surface area contributed by atoms with Crippen LogP contribution in [0.1, 0.15) is 31.5 Å². The van der Waals surface area contributed by atoms with Gasteiger partial charge in [0.15, 0.2) is 0 Å². The maximum absolute atomic E-state index is 13.1. The van der Waals surface area contributed by atoms with Crippen LogP contribution >= 0.6 is 11.6 Å². The van der Waals surface area contributed by atoms with Crippen LogP contribution in [0.4, 0.5) is 4.79 Å². The lowest BCUT2D eigenvalue weighted by Crippen LogP contribution is -2.45. The average Bonchev–Trinajstić information content (AvgIpc) is 2.83. The zero-order chi connectivity index (χ0) is 17.8. The summed E-state index contributed by atoms with van der Waals surface area (Å²) in [6.07, 6.45) is 3.55. The normalized spacial score (nSPS) is 15.2. The van der Waals surface area contributed by atoms with Gasteiger partial charge in [-0.15, -0.1) is 0 Å². The van der Waals surface area contributed by atoms with E-state index in [1.165, 1.54) is 0 Å². The minimum absolute atomic E-state index is 0.192. The van der Waals surface area contributed by atoms with Crippen molar-refractivity contribution in [1.82, 2.24) is 15.0 Å². The Morgan fingerprint density at radius 3 is 2.64 bits per heavy atom. The molecule has 134 valence electrons. The van der Waals surface area contributed by atoms with Crippen LogP contribution in [-0.2, 0) is 6.42 Å². The summed E-state index contributed by atoms with van der Waals surface area (Å²) in [6, 6.07) is 5.20. The van der Waals surface area contributed by atoms with Crippen LogP contribution in [0.5, 0.6) is 0 Å². The number of amides is 1. The van der Waals surface area contributed by atoms with Gasteiger partial charge in [-0.25, -0.2) is 14.5 Å². The molecule has 1 amide bonds. The number of rotatable bonds is 4. The lowest BCUT2D eigenvalue weighted by atomic mass is 10.2. The molecule has 2 aromatic rings. The number of carbonyl (C=O) groups is 1. The SMILES string of the molecule is O=C(O)NCCc1nc2cccc(Cl)c2c(=O)n1N1CCCCCC1. The van der Waals surface area contributed by atoms with Crippen molar-refractivity contribution in [3.63, 3.8) is 0 Å². The lowest BCUT2D eigenvalue weighted by molar-refractivity contribution is 0.194. The summed E-state index contributed by atoms with van der Waals surface area (Å²) < 4.78 is 1.60. The van der Waals surface area contributed by atoms with Crippen molar-refractivity contribution in [2.24, 2.45) is 0 Å². The fraction of sp³-hybridized carbons (Fsp3) is 0.471. The first-order chi connectivity index (χ1) is 12.1. The largest absolute Gasteiger partial charge is 0.465 e. The van der Waals surface area contributed by atoms with Crippen LogP contribution in [0, 0.1) is 0 Å². The first-order valence-electron chi connectivity index (χ1n) is 8.50. The molecule has 0 spiro atoms. The van der Waals surface area contributed by atoms with Gasteiger partial charge in [-0.05, 0) is 25.0 Å². The molecule has 1 aromatic carbocycles. The average molecular weight is 365 g/mol. The third-order valence-electron chi connectivity index (χ3n) is 4.38. The van der Waals surface area contributed by atoms with Crippen LogP contribution in [0.2, 0.25) is 5.02 Å². The number of hydrogen-bond donors (Lipinski definition) is 2. The highest BCUT2D eigenvalue weighted by atomic mass is 35.5. The highest BCUT2D eigenvalue weighted by Gasteiger charge is 2.19. The van der Waals surface area contributed by atoms with Crippen molar-refractivity contribution in [2.45, 2.75) is 32.1 Å². The predicted octanol–water partition coefficient (Wildman–Crippen LogP) is 2.37. The highest BCUT2D eigenvalue weighted by molar-refractivity contribution is 6.35. The number of benzene rings is 1. The summed E-state index contributed by atoms with van der Waals surface area (Å²) in [7, 11) is 0. The molecule has 0 saturated carbocycles. The van der Waals surface area contributed by atoms with Gasteiger partial charge < -0.3 is 15.4 Å². The van der Waals surface area contributed by atoms with Gasteiger partial charge in [0.2, 0.25) is 0 Å². The molecule has 0 bridgehead atoms. The number of nitrogens with one attached hydrogen (secondary N) is 1. The Labute approximate surface area is 150 Å². The van der Waals surface area contributed by atoms with Crippen molar-refractivity contribution in [3.8, 4) is 0 Å². The van der Waals surface area contributed by atoms with E-state index >= 15 is 0 Å². The standard InChI is InChI=1S/C17H21ClN4O3/c18-12-6-5-7-13-15(12)16(23)22(21-10-3-1-2-4-11-21)14(20-13)8-9-19-17(24)25/h5-7,19H,1-4,8-11H2,(H,24,25). The van der Waals surface area contributed by atoms with Crippen molar-refractivity contribution < 1.29 is 9.90 Å². The molecule has 2 heterocycles. The minimum Gasteiger partial charge on any atom is -0.465 e. The molecule has 0 aliphatic carbocycles. The van der Waals surface area contributed by atoms with Crippen molar-refractivity contribution in [3.05, 3.63) is 39.4 Å². The van der Waals surface area contributed by atoms with E-state index in [1.54, 1.807) is 22.9 Å². The molecule has 8 heteroatoms. The number of fused-ring (bicyclic) bond motifs is 1. The Kier molecular flexibility index (Phi) is 5.43. The Bertz CT molecular complexity index is 828. The predicted molar refractivity (Wildman–Crippen MR) is 97.2 cm³/mol. The molecule has 1 saturated heterocycles. The third kappa shape index (κ3) is 3.87. The van der Waals surface area contributed by atoms with Crippen LogP contribution in [0.3, 0.4) is 0 Å². The summed E-state index contributed by atoms with van der Waals surface area (Å²) in [6.45, 7) is 1.75. The quantitative estimate of drug-likeness (QED) is 0.869. The number of hydrogen-bond acceptors (Lipinski definition) is 4. The van der Waals surface area contributed by atoms with E-state index in [4.69, 9.17) is 16.7 Å². The molecule has 0 radical (unpaired) electrons. The summed E-state index contributed by atoms with van der Waals surface area (Å²) in [4.78, 5) is 28.5. The molecule has 1 aliphatic rings. The van der Waals surface area contributed by atoms with Crippen LogP contribution in [0.25, 0.3) is 10.9 Å². The Balaban J connectivity index is 2.08. The Morgan fingerprint density at radius 1 is 1.24 bits per heavy atom. The molecule has 25 heavy (non-hydrogen) atoms. The van der Waals surface area contributed by atoms with Gasteiger partial charge in [-0.3, -0.25) is 4.79 Å². The van der Waals surface area contributed by atoms with E-state index in [1.807, 2.05) is 5.01 Å². The van der Waals surface area contributed by atoms with Crippen molar-refractivity contribution in [1.29, 1.82) is 0 Å². The van der Waals surface area contributed by atoms with Gasteiger partial charge in [0.05, 0.1) is 15.9 Å². The molecule has 7 nitrogen and oxygen atoms in total. The fourth-order valence-corrected chi connectivity index (χ4v) is 3.47. The maximum Gasteiger partial charge on any atom is 0.404 e. The molecule has 1 aromatic heterocycles. The molecule has 1 aliphatic heterocycles. The van der Waals surface area contributed by atoms with E-state index in [2.05, 4.69) is 10.3 Å². The second-order valence-corrected chi connectivity index (χ2v) is 6.54. The van der Waals surface area contributed by atoms with Gasteiger partial charge in [-0.1, -0.05) is 30.5 Å². The van der Waals surface area contributed by atoms with E-state index in [-0.39, 0.29) is 12.1 Å². The van der Waals surface area contributed by atoms with E-state index in [9.17, 15) is 9.59 Å². The smallest absolute Gasteiger partial charge is 0.404 e. The van der Waals surface area contributed by atoms with Gasteiger partial charge in [-0.2, -0.15) is 0 Å². The van der Waals surface area contributed by atoms with Crippen LogP contribution in [0.15, 0.2) is 23.0 Å².